The van der Waals surface area contributed by atoms with Gasteiger partial charge in [-0.1, -0.05) is 53.6 Å². The SMILES string of the molecule is Cc1ccc(C2C(C#N)=C(N)Oc3cc(OC(=O)c4cccc(C)c4)ccc32)cc1. The molecule has 0 aromatic heterocycles. The summed E-state index contributed by atoms with van der Waals surface area (Å²) in [4.78, 5) is 12.5. The topological polar surface area (TPSA) is 85.3 Å². The summed E-state index contributed by atoms with van der Waals surface area (Å²) in [6.45, 7) is 3.92. The molecule has 0 radical (unpaired) electrons. The minimum absolute atomic E-state index is 0.0535. The molecule has 5 nitrogen and oxygen atoms in total. The predicted octanol–water partition coefficient (Wildman–Crippen LogP) is 4.74. The minimum Gasteiger partial charge on any atom is -0.440 e. The van der Waals surface area contributed by atoms with Crippen LogP contribution in [0.2, 0.25) is 0 Å². The number of nitriles is 1. The maximum absolute atomic E-state index is 12.5. The van der Waals surface area contributed by atoms with Crippen LogP contribution in [-0.4, -0.2) is 5.97 Å². The number of nitrogens with two attached hydrogens (primary N) is 1. The summed E-state index contributed by atoms with van der Waals surface area (Å²) in [6.07, 6.45) is 0. The summed E-state index contributed by atoms with van der Waals surface area (Å²) in [5, 5.41) is 9.66. The fourth-order valence-electron chi connectivity index (χ4n) is 3.54. The lowest BCUT2D eigenvalue weighted by atomic mass is 9.83. The minimum atomic E-state index is -0.453. The van der Waals surface area contributed by atoms with Crippen LogP contribution in [0.15, 0.2) is 78.2 Å². The van der Waals surface area contributed by atoms with Gasteiger partial charge >= 0.3 is 5.97 Å². The van der Waals surface area contributed by atoms with Crippen LogP contribution in [0.1, 0.15) is 38.5 Å². The van der Waals surface area contributed by atoms with Crippen molar-refractivity contribution in [3.63, 3.8) is 0 Å². The van der Waals surface area contributed by atoms with Crippen molar-refractivity contribution in [3.8, 4) is 17.6 Å². The number of esters is 1. The molecule has 0 saturated heterocycles. The molecular weight excluding hydrogens is 376 g/mol. The summed E-state index contributed by atoms with van der Waals surface area (Å²) in [5.41, 5.74) is 10.7. The first-order valence-corrected chi connectivity index (χ1v) is 9.53. The van der Waals surface area contributed by atoms with Crippen molar-refractivity contribution in [1.29, 1.82) is 5.26 Å². The van der Waals surface area contributed by atoms with E-state index >= 15 is 0 Å². The van der Waals surface area contributed by atoms with E-state index in [1.165, 1.54) is 0 Å². The van der Waals surface area contributed by atoms with Crippen LogP contribution in [0, 0.1) is 25.2 Å². The van der Waals surface area contributed by atoms with Gasteiger partial charge in [-0.2, -0.15) is 5.26 Å². The Labute approximate surface area is 175 Å². The van der Waals surface area contributed by atoms with Gasteiger partial charge in [-0.05, 0) is 37.6 Å². The Balaban J connectivity index is 1.69. The lowest BCUT2D eigenvalue weighted by Gasteiger charge is -2.26. The third-order valence-corrected chi connectivity index (χ3v) is 5.07. The van der Waals surface area contributed by atoms with Crippen LogP contribution in [-0.2, 0) is 0 Å². The predicted molar refractivity (Wildman–Crippen MR) is 113 cm³/mol. The molecule has 5 heteroatoms. The maximum atomic E-state index is 12.5. The molecule has 0 aliphatic carbocycles. The van der Waals surface area contributed by atoms with Crippen LogP contribution in [0.3, 0.4) is 0 Å². The summed E-state index contributed by atoms with van der Waals surface area (Å²) >= 11 is 0. The van der Waals surface area contributed by atoms with E-state index in [2.05, 4.69) is 6.07 Å². The summed E-state index contributed by atoms with van der Waals surface area (Å²) in [7, 11) is 0. The van der Waals surface area contributed by atoms with Crippen LogP contribution >= 0.6 is 0 Å². The van der Waals surface area contributed by atoms with E-state index in [0.29, 0.717) is 22.6 Å². The number of fused-ring (bicyclic) bond motifs is 1. The molecule has 148 valence electrons. The van der Waals surface area contributed by atoms with Gasteiger partial charge in [-0.25, -0.2) is 4.79 Å². The number of benzene rings is 3. The zero-order valence-corrected chi connectivity index (χ0v) is 16.7. The van der Waals surface area contributed by atoms with Crippen LogP contribution in [0.4, 0.5) is 0 Å². The van der Waals surface area contributed by atoms with Gasteiger partial charge in [0, 0.05) is 11.6 Å². The van der Waals surface area contributed by atoms with Crippen LogP contribution in [0.5, 0.6) is 11.5 Å². The summed E-state index contributed by atoms with van der Waals surface area (Å²) in [6, 6.07) is 22.5. The largest absolute Gasteiger partial charge is 0.440 e. The van der Waals surface area contributed by atoms with Gasteiger partial charge in [-0.15, -0.1) is 0 Å². The highest BCUT2D eigenvalue weighted by Crippen LogP contribution is 2.43. The fraction of sp³-hybridized carbons (Fsp3) is 0.120. The molecule has 1 aliphatic rings. The number of carbonyl (C=O) groups is 1. The molecule has 0 fully saturated rings. The molecule has 0 saturated carbocycles. The first-order chi connectivity index (χ1) is 14.5. The number of ether oxygens (including phenoxy) is 2. The molecule has 1 heterocycles. The molecule has 0 spiro atoms. The molecule has 2 N–H and O–H groups in total. The molecule has 0 amide bonds. The molecule has 4 rings (SSSR count). The number of rotatable bonds is 3. The third kappa shape index (κ3) is 3.63. The van der Waals surface area contributed by atoms with Crippen molar-refractivity contribution < 1.29 is 14.3 Å². The zero-order valence-electron chi connectivity index (χ0n) is 16.7. The molecule has 3 aromatic rings. The average molecular weight is 396 g/mol. The molecule has 1 aliphatic heterocycles. The smallest absolute Gasteiger partial charge is 0.343 e. The van der Waals surface area contributed by atoms with Gasteiger partial charge in [-0.3, -0.25) is 0 Å². The van der Waals surface area contributed by atoms with E-state index in [9.17, 15) is 10.1 Å². The van der Waals surface area contributed by atoms with E-state index in [1.54, 1.807) is 24.3 Å². The Morgan fingerprint density at radius 1 is 1.03 bits per heavy atom. The molecule has 3 aromatic carbocycles. The quantitative estimate of drug-likeness (QED) is 0.510. The van der Waals surface area contributed by atoms with E-state index in [4.69, 9.17) is 15.2 Å². The van der Waals surface area contributed by atoms with Gasteiger partial charge < -0.3 is 15.2 Å². The third-order valence-electron chi connectivity index (χ3n) is 5.07. The highest BCUT2D eigenvalue weighted by molar-refractivity contribution is 5.91. The average Bonchev–Trinajstić information content (AvgIpc) is 2.73. The number of allylic oxidation sites excluding steroid dienone is 1. The van der Waals surface area contributed by atoms with Gasteiger partial charge in [0.25, 0.3) is 0 Å². The van der Waals surface area contributed by atoms with Gasteiger partial charge in [0.1, 0.15) is 23.1 Å². The normalized spacial score (nSPS) is 15.0. The highest BCUT2D eigenvalue weighted by atomic mass is 16.5. The van der Waals surface area contributed by atoms with E-state index in [0.717, 1.165) is 22.3 Å². The number of hydrogen-bond acceptors (Lipinski definition) is 5. The van der Waals surface area contributed by atoms with Crippen molar-refractivity contribution in [1.82, 2.24) is 0 Å². The van der Waals surface area contributed by atoms with Crippen LogP contribution in [0.25, 0.3) is 0 Å². The monoisotopic (exact) mass is 396 g/mol. The number of hydrogen-bond donors (Lipinski definition) is 1. The number of aryl methyl sites for hydroxylation is 2. The Kier molecular flexibility index (Phi) is 4.99. The fourth-order valence-corrected chi connectivity index (χ4v) is 3.54. The lowest BCUT2D eigenvalue weighted by molar-refractivity contribution is 0.0734. The van der Waals surface area contributed by atoms with Crippen molar-refractivity contribution in [2.75, 3.05) is 0 Å². The second kappa shape index (κ2) is 7.76. The van der Waals surface area contributed by atoms with Gasteiger partial charge in [0.05, 0.1) is 11.5 Å². The first-order valence-electron chi connectivity index (χ1n) is 9.53. The Hall–Kier alpha value is -4.04. The van der Waals surface area contributed by atoms with Crippen molar-refractivity contribution in [2.45, 2.75) is 19.8 Å². The van der Waals surface area contributed by atoms with E-state index in [-0.39, 0.29) is 11.8 Å². The number of nitrogens with zero attached hydrogens (tertiary/aromatic N) is 1. The summed E-state index contributed by atoms with van der Waals surface area (Å²) in [5.74, 6) is 0.0621. The Bertz CT molecular complexity index is 1200. The van der Waals surface area contributed by atoms with Crippen molar-refractivity contribution in [2.24, 2.45) is 5.73 Å². The zero-order chi connectivity index (χ0) is 21.3. The standard InChI is InChI=1S/C25H20N2O3/c1-15-6-8-17(9-7-15)23-20-11-10-19(13-22(20)30-24(27)21(23)14-26)29-25(28)18-5-3-4-16(2)12-18/h3-13,23H,27H2,1-2H3. The van der Waals surface area contributed by atoms with Gasteiger partial charge in [0.15, 0.2) is 0 Å². The van der Waals surface area contributed by atoms with E-state index in [1.807, 2.05) is 56.3 Å². The number of carbonyl (C=O) groups excluding carboxylic acids is 1. The van der Waals surface area contributed by atoms with Crippen molar-refractivity contribution >= 4 is 5.97 Å². The molecule has 30 heavy (non-hydrogen) atoms. The Morgan fingerprint density at radius 3 is 2.50 bits per heavy atom. The summed E-state index contributed by atoms with van der Waals surface area (Å²) < 4.78 is 11.2. The molecule has 1 unspecified atom stereocenters. The first kappa shape index (κ1) is 19.3. The maximum Gasteiger partial charge on any atom is 0.343 e. The second-order valence-electron chi connectivity index (χ2n) is 7.29. The molecule has 1 atom stereocenters. The lowest BCUT2D eigenvalue weighted by Crippen LogP contribution is -2.21. The Morgan fingerprint density at radius 2 is 1.80 bits per heavy atom. The van der Waals surface area contributed by atoms with Crippen LogP contribution < -0.4 is 15.2 Å². The molecule has 0 bridgehead atoms. The van der Waals surface area contributed by atoms with Gasteiger partial charge in [0.2, 0.25) is 5.88 Å². The highest BCUT2D eigenvalue weighted by Gasteiger charge is 2.31. The molecular formula is C25H20N2O3. The van der Waals surface area contributed by atoms with E-state index < -0.39 is 5.97 Å². The van der Waals surface area contributed by atoms with Crippen molar-refractivity contribution in [3.05, 3.63) is 106 Å². The second-order valence-corrected chi connectivity index (χ2v) is 7.29.